The highest BCUT2D eigenvalue weighted by atomic mass is 16.5. The van der Waals surface area contributed by atoms with Gasteiger partial charge in [0.25, 0.3) is 0 Å². The van der Waals surface area contributed by atoms with Crippen LogP contribution >= 0.6 is 0 Å². The predicted octanol–water partition coefficient (Wildman–Crippen LogP) is 1.14. The maximum Gasteiger partial charge on any atom is 0.311 e. The van der Waals surface area contributed by atoms with Crippen LogP contribution in [-0.4, -0.2) is 36.2 Å². The Balaban J connectivity index is 1.82. The minimum absolute atomic E-state index is 0.131. The van der Waals surface area contributed by atoms with Crippen molar-refractivity contribution in [2.24, 2.45) is 5.92 Å². The fourth-order valence-corrected chi connectivity index (χ4v) is 2.34. The van der Waals surface area contributed by atoms with E-state index < -0.39 is 17.9 Å². The Morgan fingerprint density at radius 2 is 2.20 bits per heavy atom. The van der Waals surface area contributed by atoms with Crippen LogP contribution in [0.15, 0.2) is 24.3 Å². The second-order valence-corrected chi connectivity index (χ2v) is 5.15. The predicted molar refractivity (Wildman–Crippen MR) is 73.4 cm³/mol. The van der Waals surface area contributed by atoms with Crippen molar-refractivity contribution in [1.82, 2.24) is 5.32 Å². The quantitative estimate of drug-likeness (QED) is 0.846. The van der Waals surface area contributed by atoms with Gasteiger partial charge < -0.3 is 15.2 Å². The highest BCUT2D eigenvalue weighted by Gasteiger charge is 2.34. The first-order chi connectivity index (χ1) is 9.56. The van der Waals surface area contributed by atoms with Crippen molar-refractivity contribution in [2.75, 3.05) is 13.2 Å². The molecule has 1 aliphatic heterocycles. The lowest BCUT2D eigenvalue weighted by molar-refractivity contribution is -0.142. The molecule has 0 aliphatic carbocycles. The Labute approximate surface area is 117 Å². The first-order valence-electron chi connectivity index (χ1n) is 6.71. The van der Waals surface area contributed by atoms with Crippen LogP contribution < -0.4 is 5.32 Å². The van der Waals surface area contributed by atoms with Crippen molar-refractivity contribution in [3.63, 3.8) is 0 Å². The van der Waals surface area contributed by atoms with E-state index in [0.717, 1.165) is 11.1 Å². The molecule has 2 unspecified atom stereocenters. The molecular formula is C15H19NO4. The Bertz CT molecular complexity index is 500. The molecule has 5 nitrogen and oxygen atoms in total. The first-order valence-corrected chi connectivity index (χ1v) is 6.71. The van der Waals surface area contributed by atoms with E-state index in [9.17, 15) is 9.59 Å². The summed E-state index contributed by atoms with van der Waals surface area (Å²) in [7, 11) is 0. The van der Waals surface area contributed by atoms with Crippen LogP contribution in [0, 0.1) is 12.8 Å². The topological polar surface area (TPSA) is 75.6 Å². The summed E-state index contributed by atoms with van der Waals surface area (Å²) in [5.74, 6) is -1.70. The normalized spacial score (nSPS) is 21.6. The number of nitrogens with one attached hydrogen (secondary N) is 1. The molecule has 1 fully saturated rings. The van der Waals surface area contributed by atoms with Gasteiger partial charge in [0.2, 0.25) is 5.91 Å². The first kappa shape index (κ1) is 14.5. The van der Waals surface area contributed by atoms with Crippen LogP contribution in [0.25, 0.3) is 0 Å². The molecule has 1 saturated heterocycles. The average Bonchev–Trinajstić information content (AvgIpc) is 2.85. The second-order valence-electron chi connectivity index (χ2n) is 5.15. The number of hydrogen-bond acceptors (Lipinski definition) is 3. The monoisotopic (exact) mass is 277 g/mol. The lowest BCUT2D eigenvalue weighted by atomic mass is 10.0. The van der Waals surface area contributed by atoms with Crippen molar-refractivity contribution in [3.05, 3.63) is 35.4 Å². The Kier molecular flexibility index (Phi) is 4.74. The maximum atomic E-state index is 11.9. The summed E-state index contributed by atoms with van der Waals surface area (Å²) in [5, 5.41) is 11.8. The minimum Gasteiger partial charge on any atom is -0.481 e. The molecular weight excluding hydrogens is 258 g/mol. The summed E-state index contributed by atoms with van der Waals surface area (Å²) >= 11 is 0. The second kappa shape index (κ2) is 6.52. The number of carbonyl (C=O) groups is 2. The van der Waals surface area contributed by atoms with Crippen LogP contribution in [0.4, 0.5) is 0 Å². The highest BCUT2D eigenvalue weighted by Crippen LogP contribution is 2.14. The molecule has 20 heavy (non-hydrogen) atoms. The van der Waals surface area contributed by atoms with Gasteiger partial charge in [-0.1, -0.05) is 29.8 Å². The number of carboxylic acid groups (broad SMARTS) is 1. The van der Waals surface area contributed by atoms with Crippen LogP contribution in [0.5, 0.6) is 0 Å². The van der Waals surface area contributed by atoms with E-state index in [1.54, 1.807) is 0 Å². The lowest BCUT2D eigenvalue weighted by Crippen LogP contribution is -2.42. The molecule has 2 rings (SSSR count). The van der Waals surface area contributed by atoms with Gasteiger partial charge >= 0.3 is 5.97 Å². The zero-order chi connectivity index (χ0) is 14.5. The smallest absolute Gasteiger partial charge is 0.311 e. The molecule has 0 bridgehead atoms. The fraction of sp³-hybridized carbons (Fsp3) is 0.467. The van der Waals surface area contributed by atoms with Crippen molar-refractivity contribution in [1.29, 1.82) is 0 Å². The summed E-state index contributed by atoms with van der Waals surface area (Å²) in [6.45, 7) is 2.45. The van der Waals surface area contributed by atoms with Crippen LogP contribution in [0.2, 0.25) is 0 Å². The zero-order valence-electron chi connectivity index (χ0n) is 11.5. The molecule has 2 N–H and O–H groups in total. The molecule has 1 aromatic rings. The number of carboxylic acids is 1. The van der Waals surface area contributed by atoms with Gasteiger partial charge in [-0.25, -0.2) is 0 Å². The number of aliphatic carboxylic acids is 1. The lowest BCUT2D eigenvalue weighted by Gasteiger charge is -2.15. The molecule has 0 aromatic heterocycles. The third-order valence-corrected chi connectivity index (χ3v) is 3.47. The van der Waals surface area contributed by atoms with Gasteiger partial charge in [0, 0.05) is 6.42 Å². The van der Waals surface area contributed by atoms with Gasteiger partial charge in [-0.3, -0.25) is 9.59 Å². The molecule has 1 heterocycles. The number of hydrogen-bond donors (Lipinski definition) is 2. The van der Waals surface area contributed by atoms with E-state index in [0.29, 0.717) is 12.8 Å². The summed E-state index contributed by atoms with van der Waals surface area (Å²) in [6, 6.07) is 7.59. The van der Waals surface area contributed by atoms with Crippen molar-refractivity contribution in [2.45, 2.75) is 25.8 Å². The standard InChI is InChI=1S/C15H19NO4/c1-10-3-2-4-11(7-10)5-6-14(17)16-13-9-20-8-12(13)15(18)19/h2-4,7,12-13H,5-6,8-9H2,1H3,(H,16,17)(H,18,19). The molecule has 108 valence electrons. The average molecular weight is 277 g/mol. The van der Waals surface area contributed by atoms with Gasteiger partial charge in [-0.15, -0.1) is 0 Å². The Morgan fingerprint density at radius 3 is 2.90 bits per heavy atom. The SMILES string of the molecule is Cc1cccc(CCC(=O)NC2COCC2C(=O)O)c1. The summed E-state index contributed by atoms with van der Waals surface area (Å²) < 4.78 is 5.11. The summed E-state index contributed by atoms with van der Waals surface area (Å²) in [5.41, 5.74) is 2.27. The number of benzene rings is 1. The summed E-state index contributed by atoms with van der Waals surface area (Å²) in [4.78, 5) is 22.8. The van der Waals surface area contributed by atoms with Crippen molar-refractivity contribution >= 4 is 11.9 Å². The number of aryl methyl sites for hydroxylation is 2. The molecule has 0 spiro atoms. The van der Waals surface area contributed by atoms with Gasteiger partial charge in [-0.2, -0.15) is 0 Å². The van der Waals surface area contributed by atoms with Gasteiger partial charge in [0.05, 0.1) is 19.3 Å². The number of rotatable bonds is 5. The van der Waals surface area contributed by atoms with E-state index in [1.165, 1.54) is 0 Å². The molecule has 0 saturated carbocycles. The van der Waals surface area contributed by atoms with Gasteiger partial charge in [0.15, 0.2) is 0 Å². The van der Waals surface area contributed by atoms with Crippen LogP contribution in [0.1, 0.15) is 17.5 Å². The largest absolute Gasteiger partial charge is 0.481 e. The molecule has 1 aliphatic rings. The van der Waals surface area contributed by atoms with E-state index in [-0.39, 0.29) is 19.1 Å². The van der Waals surface area contributed by atoms with E-state index in [1.807, 2.05) is 31.2 Å². The van der Waals surface area contributed by atoms with Gasteiger partial charge in [-0.05, 0) is 18.9 Å². The third kappa shape index (κ3) is 3.81. The van der Waals surface area contributed by atoms with E-state index in [4.69, 9.17) is 9.84 Å². The molecule has 2 atom stereocenters. The van der Waals surface area contributed by atoms with Crippen LogP contribution in [-0.2, 0) is 20.7 Å². The van der Waals surface area contributed by atoms with E-state index in [2.05, 4.69) is 5.32 Å². The van der Waals surface area contributed by atoms with Gasteiger partial charge in [0.1, 0.15) is 5.92 Å². The fourth-order valence-electron chi connectivity index (χ4n) is 2.34. The summed E-state index contributed by atoms with van der Waals surface area (Å²) in [6.07, 6.45) is 1.01. The Hall–Kier alpha value is -1.88. The molecule has 1 aromatic carbocycles. The molecule has 1 amide bonds. The maximum absolute atomic E-state index is 11.9. The van der Waals surface area contributed by atoms with E-state index >= 15 is 0 Å². The van der Waals surface area contributed by atoms with Crippen molar-refractivity contribution < 1.29 is 19.4 Å². The number of ether oxygens (including phenoxy) is 1. The third-order valence-electron chi connectivity index (χ3n) is 3.47. The molecule has 0 radical (unpaired) electrons. The molecule has 5 heteroatoms. The zero-order valence-corrected chi connectivity index (χ0v) is 11.5. The highest BCUT2D eigenvalue weighted by molar-refractivity contribution is 5.78. The number of amides is 1. The minimum atomic E-state index is -0.925. The Morgan fingerprint density at radius 1 is 1.40 bits per heavy atom. The van der Waals surface area contributed by atoms with Crippen molar-refractivity contribution in [3.8, 4) is 0 Å². The number of carbonyl (C=O) groups excluding carboxylic acids is 1. The van der Waals surface area contributed by atoms with Crippen LogP contribution in [0.3, 0.4) is 0 Å².